The number of carboxylic acids is 1. The predicted molar refractivity (Wildman–Crippen MR) is 124 cm³/mol. The smallest absolute Gasteiger partial charge is 0.312 e. The van der Waals surface area contributed by atoms with Crippen LogP contribution in [0.3, 0.4) is 0 Å². The highest BCUT2D eigenvalue weighted by Gasteiger charge is 2.40. The van der Waals surface area contributed by atoms with Gasteiger partial charge in [0, 0.05) is 16.6 Å². The molecule has 0 radical (unpaired) electrons. The summed E-state index contributed by atoms with van der Waals surface area (Å²) in [7, 11) is 0. The molecule has 1 heterocycles. The molecule has 0 aliphatic heterocycles. The van der Waals surface area contributed by atoms with Crippen molar-refractivity contribution in [2.24, 2.45) is 11.1 Å². The number of benzene rings is 2. The molecule has 2 unspecified atom stereocenters. The Morgan fingerprint density at radius 2 is 1.97 bits per heavy atom. The lowest BCUT2D eigenvalue weighted by atomic mass is 9.78. The Balaban J connectivity index is 1.86. The van der Waals surface area contributed by atoms with Crippen LogP contribution in [0.1, 0.15) is 28.9 Å². The van der Waals surface area contributed by atoms with Crippen LogP contribution in [-0.4, -0.2) is 56.7 Å². The van der Waals surface area contributed by atoms with Crippen molar-refractivity contribution < 1.29 is 24.2 Å². The van der Waals surface area contributed by atoms with E-state index in [0.29, 0.717) is 16.1 Å². The second-order valence-electron chi connectivity index (χ2n) is 8.04. The van der Waals surface area contributed by atoms with Gasteiger partial charge in [0.25, 0.3) is 5.91 Å². The number of aromatic amines is 1. The lowest BCUT2D eigenvalue weighted by Gasteiger charge is -2.31. The van der Waals surface area contributed by atoms with E-state index in [0.717, 1.165) is 5.56 Å². The number of halogens is 2. The zero-order valence-corrected chi connectivity index (χ0v) is 18.9. The molecule has 2 aromatic carbocycles. The first-order chi connectivity index (χ1) is 16.3. The van der Waals surface area contributed by atoms with Crippen molar-refractivity contribution in [3.63, 3.8) is 0 Å². The lowest BCUT2D eigenvalue weighted by Crippen LogP contribution is -2.46. The van der Waals surface area contributed by atoms with E-state index in [4.69, 9.17) is 17.3 Å². The van der Waals surface area contributed by atoms with Crippen LogP contribution in [0.25, 0.3) is 11.1 Å². The topological polar surface area (TPSA) is 154 Å². The van der Waals surface area contributed by atoms with Crippen molar-refractivity contribution in [3.05, 3.63) is 70.8 Å². The number of carbonyl (C=O) groups is 2. The van der Waals surface area contributed by atoms with Crippen LogP contribution in [0.2, 0.25) is 5.02 Å². The average Bonchev–Trinajstić information content (AvgIpc) is 3.36. The molecule has 0 aliphatic carbocycles. The predicted octanol–water partition coefficient (Wildman–Crippen LogP) is 2.41. The number of nitrogens with one attached hydrogen (secondary N) is 2. The zero-order chi connectivity index (χ0) is 24.7. The minimum atomic E-state index is -1.53. The minimum Gasteiger partial charge on any atom is -0.481 e. The molecule has 0 fully saturated rings. The monoisotopic (exact) mass is 489 g/mol. The number of aromatic nitrogens is 3. The van der Waals surface area contributed by atoms with Crippen LogP contribution in [0.15, 0.2) is 48.7 Å². The Morgan fingerprint density at radius 1 is 1.24 bits per heavy atom. The molecule has 3 aromatic rings. The van der Waals surface area contributed by atoms with Gasteiger partial charge in [0.15, 0.2) is 5.69 Å². The first kappa shape index (κ1) is 25.3. The number of aliphatic hydroxyl groups excluding tert-OH is 1. The largest absolute Gasteiger partial charge is 0.481 e. The first-order valence-electron chi connectivity index (χ1n) is 10.5. The summed E-state index contributed by atoms with van der Waals surface area (Å²) in [6.07, 6.45) is 1.46. The third-order valence-electron chi connectivity index (χ3n) is 5.67. The number of hydrogen-bond acceptors (Lipinski definition) is 6. The molecule has 3 rings (SSSR count). The fourth-order valence-corrected chi connectivity index (χ4v) is 4.00. The third-order valence-corrected chi connectivity index (χ3v) is 5.91. The molecule has 0 bridgehead atoms. The first-order valence-corrected chi connectivity index (χ1v) is 10.9. The molecule has 1 amide bonds. The summed E-state index contributed by atoms with van der Waals surface area (Å²) in [6.45, 7) is -0.584. The maximum absolute atomic E-state index is 14.2. The average molecular weight is 490 g/mol. The van der Waals surface area contributed by atoms with Crippen molar-refractivity contribution in [1.82, 2.24) is 20.7 Å². The zero-order valence-electron chi connectivity index (χ0n) is 18.2. The summed E-state index contributed by atoms with van der Waals surface area (Å²) in [5.74, 6) is -2.15. The van der Waals surface area contributed by atoms with Gasteiger partial charge in [-0.1, -0.05) is 35.9 Å². The number of carbonyl (C=O) groups excluding carboxylic acids is 1. The van der Waals surface area contributed by atoms with Gasteiger partial charge in [-0.25, -0.2) is 4.39 Å². The molecule has 34 heavy (non-hydrogen) atoms. The number of nitrogens with zero attached hydrogens (tertiary/aromatic N) is 2. The number of H-pyrrole nitrogens is 1. The van der Waals surface area contributed by atoms with Gasteiger partial charge >= 0.3 is 5.97 Å². The highest BCUT2D eigenvalue weighted by molar-refractivity contribution is 6.30. The van der Waals surface area contributed by atoms with Gasteiger partial charge in [0.05, 0.1) is 18.2 Å². The SMILES string of the molecule is NCCC(CO)(CC(Cc1ccc(-c2cc(Cl)ccc2F)cc1)NC(=O)c1cn[nH]n1)C(=O)O. The molecule has 2 atom stereocenters. The van der Waals surface area contributed by atoms with E-state index in [1.54, 1.807) is 24.3 Å². The maximum Gasteiger partial charge on any atom is 0.312 e. The molecule has 0 saturated carbocycles. The maximum atomic E-state index is 14.2. The molecule has 6 N–H and O–H groups in total. The molecular formula is C23H25ClFN5O4. The number of rotatable bonds is 11. The van der Waals surface area contributed by atoms with Gasteiger partial charge in [0.1, 0.15) is 5.82 Å². The normalized spacial score (nSPS) is 13.8. The van der Waals surface area contributed by atoms with Gasteiger partial charge in [-0.05, 0) is 55.1 Å². The minimum absolute atomic E-state index is 0.0299. The second kappa shape index (κ2) is 11.2. The van der Waals surface area contributed by atoms with Crippen molar-refractivity contribution in [3.8, 4) is 11.1 Å². The number of nitrogens with two attached hydrogens (primary N) is 1. The molecular weight excluding hydrogens is 465 g/mol. The van der Waals surface area contributed by atoms with Crippen molar-refractivity contribution in [1.29, 1.82) is 0 Å². The molecule has 9 nitrogen and oxygen atoms in total. The van der Waals surface area contributed by atoms with Crippen LogP contribution in [0.5, 0.6) is 0 Å². The van der Waals surface area contributed by atoms with Gasteiger partial charge in [0.2, 0.25) is 0 Å². The Hall–Kier alpha value is -3.34. The molecule has 11 heteroatoms. The van der Waals surface area contributed by atoms with E-state index in [9.17, 15) is 24.2 Å². The van der Waals surface area contributed by atoms with E-state index in [1.165, 1.54) is 24.4 Å². The van der Waals surface area contributed by atoms with Crippen LogP contribution < -0.4 is 11.1 Å². The van der Waals surface area contributed by atoms with Crippen LogP contribution in [0.4, 0.5) is 4.39 Å². The summed E-state index contributed by atoms with van der Waals surface area (Å²) in [6, 6.07) is 10.6. The van der Waals surface area contributed by atoms with Crippen LogP contribution in [0, 0.1) is 11.2 Å². The highest BCUT2D eigenvalue weighted by atomic mass is 35.5. The number of aliphatic carboxylic acids is 1. The summed E-state index contributed by atoms with van der Waals surface area (Å²) in [4.78, 5) is 24.6. The molecule has 0 spiro atoms. The third kappa shape index (κ3) is 5.96. The number of carboxylic acid groups (broad SMARTS) is 1. The van der Waals surface area contributed by atoms with Gasteiger partial charge in [-0.2, -0.15) is 15.4 Å². The van der Waals surface area contributed by atoms with E-state index in [2.05, 4.69) is 20.7 Å². The van der Waals surface area contributed by atoms with Gasteiger partial charge < -0.3 is 21.3 Å². The van der Waals surface area contributed by atoms with Crippen molar-refractivity contribution in [2.45, 2.75) is 25.3 Å². The van der Waals surface area contributed by atoms with E-state index < -0.39 is 35.8 Å². The van der Waals surface area contributed by atoms with Crippen molar-refractivity contribution in [2.75, 3.05) is 13.2 Å². The Bertz CT molecular complexity index is 1130. The highest BCUT2D eigenvalue weighted by Crippen LogP contribution is 2.30. The summed E-state index contributed by atoms with van der Waals surface area (Å²) in [5, 5.41) is 32.6. The number of amides is 1. The molecule has 180 valence electrons. The fraction of sp³-hybridized carbons (Fsp3) is 0.304. The van der Waals surface area contributed by atoms with E-state index >= 15 is 0 Å². The fourth-order valence-electron chi connectivity index (χ4n) is 3.82. The van der Waals surface area contributed by atoms with Crippen molar-refractivity contribution >= 4 is 23.5 Å². The van der Waals surface area contributed by atoms with E-state index in [1.807, 2.05) is 0 Å². The second-order valence-corrected chi connectivity index (χ2v) is 8.47. The van der Waals surface area contributed by atoms with Crippen LogP contribution in [-0.2, 0) is 11.2 Å². The lowest BCUT2D eigenvalue weighted by molar-refractivity contribution is -0.153. The molecule has 0 aliphatic rings. The molecule has 1 aromatic heterocycles. The van der Waals surface area contributed by atoms with Gasteiger partial charge in [-0.15, -0.1) is 0 Å². The van der Waals surface area contributed by atoms with E-state index in [-0.39, 0.29) is 31.5 Å². The number of aliphatic hydroxyl groups is 1. The van der Waals surface area contributed by atoms with Crippen LogP contribution >= 0.6 is 11.6 Å². The Labute approximate surface area is 200 Å². The summed E-state index contributed by atoms with van der Waals surface area (Å²) < 4.78 is 14.2. The summed E-state index contributed by atoms with van der Waals surface area (Å²) >= 11 is 5.99. The standard InChI is InChI=1S/C23H25ClFN5O4/c24-16-5-6-19(25)18(10-16)15-3-1-14(2-4-15)9-17(28-21(32)20-12-27-30-29-20)11-23(13-31,7-8-26)22(33)34/h1-6,10,12,17,31H,7-9,11,13,26H2,(H,28,32)(H,33,34)(H,27,29,30). The quantitative estimate of drug-likeness (QED) is 0.277. The molecule has 0 saturated heterocycles. The summed E-state index contributed by atoms with van der Waals surface area (Å²) in [5.41, 5.74) is 5.85. The Kier molecular flexibility index (Phi) is 8.32. The Morgan fingerprint density at radius 3 is 2.56 bits per heavy atom. The van der Waals surface area contributed by atoms with Gasteiger partial charge in [-0.3, -0.25) is 9.59 Å². The number of hydrogen-bond donors (Lipinski definition) is 5.